The number of nitrogens with zero attached hydrogens (tertiary/aromatic N) is 3. The number of benzene rings is 1. The second-order valence-corrected chi connectivity index (χ2v) is 8.10. The topological polar surface area (TPSA) is 28.5 Å². The number of fused-ring (bicyclic) bond motifs is 3. The molecule has 4 heterocycles. The Morgan fingerprint density at radius 1 is 1.00 bits per heavy atom. The number of likely N-dealkylation sites (tertiary alicyclic amines) is 1. The van der Waals surface area contributed by atoms with Gasteiger partial charge in [0.2, 0.25) is 0 Å². The molecule has 0 bridgehead atoms. The van der Waals surface area contributed by atoms with Crippen molar-refractivity contribution in [3.8, 4) is 0 Å². The van der Waals surface area contributed by atoms with Crippen molar-refractivity contribution in [3.63, 3.8) is 0 Å². The fourth-order valence-corrected chi connectivity index (χ4v) is 4.99. The van der Waals surface area contributed by atoms with E-state index in [-0.39, 0.29) is 23.8 Å². The van der Waals surface area contributed by atoms with E-state index in [2.05, 4.69) is 26.3 Å². The number of hydrogen-bond acceptors (Lipinski definition) is 3. The summed E-state index contributed by atoms with van der Waals surface area (Å²) in [5.41, 5.74) is 3.03. The van der Waals surface area contributed by atoms with Crippen molar-refractivity contribution < 1.29 is 9.18 Å². The normalized spacial score (nSPS) is 22.1. The van der Waals surface area contributed by atoms with Gasteiger partial charge in [-0.25, -0.2) is 4.39 Å². The van der Waals surface area contributed by atoms with Gasteiger partial charge in [-0.1, -0.05) is 12.1 Å². The van der Waals surface area contributed by atoms with E-state index < -0.39 is 0 Å². The lowest BCUT2D eigenvalue weighted by molar-refractivity contribution is 0.0556. The van der Waals surface area contributed by atoms with Crippen LogP contribution in [0.2, 0.25) is 0 Å². The van der Waals surface area contributed by atoms with Gasteiger partial charge < -0.3 is 9.47 Å². The van der Waals surface area contributed by atoms with Gasteiger partial charge in [-0.3, -0.25) is 9.69 Å². The zero-order valence-corrected chi connectivity index (χ0v) is 15.6. The molecule has 2 aromatic heterocycles. The molecule has 1 fully saturated rings. The van der Waals surface area contributed by atoms with Crippen LogP contribution in [0.1, 0.15) is 27.7 Å². The summed E-state index contributed by atoms with van der Waals surface area (Å²) in [5, 5.41) is 4.29. The van der Waals surface area contributed by atoms with Crippen LogP contribution < -0.4 is 0 Å². The maximum atomic E-state index is 13.3. The van der Waals surface area contributed by atoms with Crippen LogP contribution in [-0.4, -0.2) is 39.4 Å². The molecule has 0 unspecified atom stereocenters. The Morgan fingerprint density at radius 3 is 2.59 bits per heavy atom. The highest BCUT2D eigenvalue weighted by Gasteiger charge is 2.44. The van der Waals surface area contributed by atoms with Crippen molar-refractivity contribution in [3.05, 3.63) is 82.1 Å². The third kappa shape index (κ3) is 2.99. The molecule has 138 valence electrons. The lowest BCUT2D eigenvalue weighted by Gasteiger charge is -2.38. The SMILES string of the molecule is O=C1c2cccn2[C@@H]2CN(Cc3ccsc3)C[C@@H]2N1Cc1ccc(F)cc1. The molecule has 2 aliphatic rings. The van der Waals surface area contributed by atoms with Crippen LogP contribution in [0.4, 0.5) is 4.39 Å². The summed E-state index contributed by atoms with van der Waals surface area (Å²) >= 11 is 1.72. The minimum absolute atomic E-state index is 0.0583. The molecule has 0 saturated carbocycles. The molecule has 6 heteroatoms. The van der Waals surface area contributed by atoms with Gasteiger partial charge in [-0.2, -0.15) is 11.3 Å². The number of rotatable bonds is 4. The summed E-state index contributed by atoms with van der Waals surface area (Å²) in [7, 11) is 0. The maximum absolute atomic E-state index is 13.3. The number of halogens is 1. The quantitative estimate of drug-likeness (QED) is 0.688. The molecule has 1 amide bonds. The number of carbonyl (C=O) groups is 1. The molecule has 27 heavy (non-hydrogen) atoms. The fraction of sp³-hybridized carbons (Fsp3) is 0.286. The first-order valence-corrected chi connectivity index (χ1v) is 10.1. The van der Waals surface area contributed by atoms with E-state index in [1.807, 2.05) is 23.2 Å². The number of thiophene rings is 1. The number of amides is 1. The second kappa shape index (κ2) is 6.62. The molecule has 0 aliphatic carbocycles. The van der Waals surface area contributed by atoms with Crippen molar-refractivity contribution in [2.75, 3.05) is 13.1 Å². The van der Waals surface area contributed by atoms with Gasteiger partial charge in [0.1, 0.15) is 11.5 Å². The predicted octanol–water partition coefficient (Wildman–Crippen LogP) is 3.77. The molecule has 0 spiro atoms. The largest absolute Gasteiger partial charge is 0.337 e. The predicted molar refractivity (Wildman–Crippen MR) is 103 cm³/mol. The number of aromatic nitrogens is 1. The summed E-state index contributed by atoms with van der Waals surface area (Å²) in [4.78, 5) is 17.5. The van der Waals surface area contributed by atoms with Crippen molar-refractivity contribution in [2.24, 2.45) is 0 Å². The average Bonchev–Trinajstić information content (AvgIpc) is 3.40. The highest BCUT2D eigenvalue weighted by Crippen LogP contribution is 2.35. The second-order valence-electron chi connectivity index (χ2n) is 7.32. The zero-order chi connectivity index (χ0) is 18.4. The van der Waals surface area contributed by atoms with E-state index >= 15 is 0 Å². The minimum atomic E-state index is -0.252. The summed E-state index contributed by atoms with van der Waals surface area (Å²) < 4.78 is 15.4. The van der Waals surface area contributed by atoms with Crippen molar-refractivity contribution in [2.45, 2.75) is 25.2 Å². The third-order valence-corrected chi connectivity index (χ3v) is 6.34. The number of carbonyl (C=O) groups excluding carboxylic acids is 1. The lowest BCUT2D eigenvalue weighted by Crippen LogP contribution is -2.49. The van der Waals surface area contributed by atoms with Crippen LogP contribution in [0.15, 0.2) is 59.4 Å². The lowest BCUT2D eigenvalue weighted by atomic mass is 10.0. The standard InChI is InChI=1S/C21H20FN3OS/c22-17-5-3-15(4-6-17)11-25-20-13-23(10-16-7-9-27-14-16)12-19(20)24-8-1-2-18(24)21(25)26/h1-9,14,19-20H,10-13H2/t19-,20+/m1/s1. The summed E-state index contributed by atoms with van der Waals surface area (Å²) in [6.07, 6.45) is 2.02. The van der Waals surface area contributed by atoms with Crippen LogP contribution in [0.3, 0.4) is 0 Å². The van der Waals surface area contributed by atoms with Crippen molar-refractivity contribution in [1.82, 2.24) is 14.4 Å². The summed E-state index contributed by atoms with van der Waals surface area (Å²) in [6, 6.07) is 12.9. The molecular weight excluding hydrogens is 361 g/mol. The van der Waals surface area contributed by atoms with Gasteiger partial charge in [0.25, 0.3) is 5.91 Å². The molecule has 2 aliphatic heterocycles. The molecular formula is C21H20FN3OS. The minimum Gasteiger partial charge on any atom is -0.337 e. The molecule has 0 N–H and O–H groups in total. The number of hydrogen-bond donors (Lipinski definition) is 0. The zero-order valence-electron chi connectivity index (χ0n) is 14.8. The molecule has 5 rings (SSSR count). The van der Waals surface area contributed by atoms with E-state index in [0.717, 1.165) is 30.9 Å². The third-order valence-electron chi connectivity index (χ3n) is 5.60. The summed E-state index contributed by atoms with van der Waals surface area (Å²) in [6.45, 7) is 3.20. The smallest absolute Gasteiger partial charge is 0.271 e. The average molecular weight is 381 g/mol. The van der Waals surface area contributed by atoms with Crippen LogP contribution >= 0.6 is 11.3 Å². The Bertz CT molecular complexity index is 950. The van der Waals surface area contributed by atoms with Crippen LogP contribution in [0, 0.1) is 5.82 Å². The monoisotopic (exact) mass is 381 g/mol. The maximum Gasteiger partial charge on any atom is 0.271 e. The Labute approximate surface area is 161 Å². The van der Waals surface area contributed by atoms with E-state index in [1.165, 1.54) is 17.7 Å². The first-order valence-electron chi connectivity index (χ1n) is 9.15. The molecule has 3 aromatic rings. The van der Waals surface area contributed by atoms with E-state index in [9.17, 15) is 9.18 Å². The van der Waals surface area contributed by atoms with Crippen LogP contribution in [-0.2, 0) is 13.1 Å². The first-order chi connectivity index (χ1) is 13.2. The Morgan fingerprint density at radius 2 is 1.81 bits per heavy atom. The Hall–Kier alpha value is -2.44. The van der Waals surface area contributed by atoms with Crippen LogP contribution in [0.5, 0.6) is 0 Å². The summed E-state index contributed by atoms with van der Waals surface area (Å²) in [5.74, 6) is -0.193. The molecule has 0 radical (unpaired) electrons. The van der Waals surface area contributed by atoms with E-state index in [4.69, 9.17) is 0 Å². The highest BCUT2D eigenvalue weighted by atomic mass is 32.1. The van der Waals surface area contributed by atoms with Gasteiger partial charge in [0.05, 0.1) is 12.1 Å². The first kappa shape index (κ1) is 16.7. The van der Waals surface area contributed by atoms with Gasteiger partial charge in [-0.05, 0) is 52.2 Å². The van der Waals surface area contributed by atoms with Crippen molar-refractivity contribution in [1.29, 1.82) is 0 Å². The van der Waals surface area contributed by atoms with Gasteiger partial charge in [-0.15, -0.1) is 0 Å². The Kier molecular flexibility index (Phi) is 4.10. The molecule has 1 aromatic carbocycles. The van der Waals surface area contributed by atoms with Crippen LogP contribution in [0.25, 0.3) is 0 Å². The fourth-order valence-electron chi connectivity index (χ4n) is 4.33. The van der Waals surface area contributed by atoms with E-state index in [0.29, 0.717) is 6.54 Å². The molecule has 4 nitrogen and oxygen atoms in total. The van der Waals surface area contributed by atoms with Gasteiger partial charge in [0, 0.05) is 32.4 Å². The Balaban J connectivity index is 1.44. The van der Waals surface area contributed by atoms with Gasteiger partial charge in [0.15, 0.2) is 0 Å². The highest BCUT2D eigenvalue weighted by molar-refractivity contribution is 7.07. The molecule has 2 atom stereocenters. The van der Waals surface area contributed by atoms with Gasteiger partial charge >= 0.3 is 0 Å². The van der Waals surface area contributed by atoms with Crippen molar-refractivity contribution >= 4 is 17.2 Å². The molecule has 1 saturated heterocycles. The van der Waals surface area contributed by atoms with E-state index in [1.54, 1.807) is 23.5 Å².